The molecule has 0 unspecified atom stereocenters. The summed E-state index contributed by atoms with van der Waals surface area (Å²) in [5, 5.41) is 12.6. The molecule has 0 bridgehead atoms. The molecular weight excluding hydrogens is 174 g/mol. The van der Waals surface area contributed by atoms with Gasteiger partial charge in [0.15, 0.2) is 0 Å². The first kappa shape index (κ1) is 11.1. The number of aromatic hydroxyl groups is 1. The van der Waals surface area contributed by atoms with E-state index >= 15 is 0 Å². The molecule has 1 heterocycles. The van der Waals surface area contributed by atoms with Crippen molar-refractivity contribution in [3.63, 3.8) is 0 Å². The van der Waals surface area contributed by atoms with Gasteiger partial charge in [-0.2, -0.15) is 0 Å². The molecule has 0 saturated carbocycles. The van der Waals surface area contributed by atoms with E-state index in [4.69, 9.17) is 0 Å². The molecule has 1 aliphatic heterocycles. The average Bonchev–Trinajstić information content (AvgIpc) is 2.21. The van der Waals surface area contributed by atoms with Crippen LogP contribution in [0, 0.1) is 0 Å². The quantitative estimate of drug-likeness (QED) is 0.663. The molecule has 2 N–H and O–H groups in total. The van der Waals surface area contributed by atoms with Gasteiger partial charge < -0.3 is 10.4 Å². The van der Waals surface area contributed by atoms with E-state index in [9.17, 15) is 5.11 Å². The van der Waals surface area contributed by atoms with Gasteiger partial charge in [0.05, 0.1) is 0 Å². The lowest BCUT2D eigenvalue weighted by molar-refractivity contribution is 0.468. The average molecular weight is 193 g/mol. The molecule has 0 saturated heterocycles. The molecule has 2 rings (SSSR count). The normalized spacial score (nSPS) is 19.2. The van der Waals surface area contributed by atoms with Crippen LogP contribution in [0.4, 0.5) is 0 Å². The number of benzene rings is 1. The molecular formula is C12H19NO. The molecule has 1 aromatic carbocycles. The molecule has 14 heavy (non-hydrogen) atoms. The predicted molar refractivity (Wildman–Crippen MR) is 59.5 cm³/mol. The van der Waals surface area contributed by atoms with Crippen molar-refractivity contribution < 1.29 is 5.11 Å². The second-order valence-electron chi connectivity index (χ2n) is 3.44. The fraction of sp³-hybridized carbons (Fsp3) is 0.500. The standard InChI is InChI=1S/C10H13NO.C2H6/c1-7-4-8-2-3-10(12)5-9(8)6-11-7;1-2/h2-3,5,7,11-12H,4,6H2,1H3;1-2H3/t7-;/m0./s1. The Bertz CT molecular complexity index is 296. The van der Waals surface area contributed by atoms with Crippen LogP contribution in [0.1, 0.15) is 31.9 Å². The summed E-state index contributed by atoms with van der Waals surface area (Å²) >= 11 is 0. The van der Waals surface area contributed by atoms with Gasteiger partial charge in [0.2, 0.25) is 0 Å². The summed E-state index contributed by atoms with van der Waals surface area (Å²) in [6.45, 7) is 7.06. The van der Waals surface area contributed by atoms with Crippen molar-refractivity contribution in [2.24, 2.45) is 0 Å². The fourth-order valence-corrected chi connectivity index (χ4v) is 1.66. The maximum Gasteiger partial charge on any atom is 0.115 e. The number of fused-ring (bicyclic) bond motifs is 1. The molecule has 1 aromatic rings. The first-order valence-electron chi connectivity index (χ1n) is 5.30. The van der Waals surface area contributed by atoms with Crippen molar-refractivity contribution >= 4 is 0 Å². The lowest BCUT2D eigenvalue weighted by Crippen LogP contribution is -2.32. The lowest BCUT2D eigenvalue weighted by atomic mass is 9.97. The summed E-state index contributed by atoms with van der Waals surface area (Å²) < 4.78 is 0. The highest BCUT2D eigenvalue weighted by Gasteiger charge is 2.13. The topological polar surface area (TPSA) is 32.3 Å². The zero-order valence-corrected chi connectivity index (χ0v) is 9.17. The number of hydrogen-bond donors (Lipinski definition) is 2. The third-order valence-electron chi connectivity index (χ3n) is 2.36. The summed E-state index contributed by atoms with van der Waals surface area (Å²) in [5.74, 6) is 0.366. The van der Waals surface area contributed by atoms with E-state index < -0.39 is 0 Å². The first-order chi connectivity index (χ1) is 6.75. The predicted octanol–water partition coefficient (Wildman–Crippen LogP) is 2.45. The largest absolute Gasteiger partial charge is 0.508 e. The van der Waals surface area contributed by atoms with E-state index in [1.54, 1.807) is 6.07 Å². The summed E-state index contributed by atoms with van der Waals surface area (Å²) in [7, 11) is 0. The van der Waals surface area contributed by atoms with E-state index in [1.165, 1.54) is 11.1 Å². The van der Waals surface area contributed by atoms with Crippen LogP contribution in [-0.4, -0.2) is 11.1 Å². The molecule has 1 aliphatic rings. The van der Waals surface area contributed by atoms with E-state index in [0.29, 0.717) is 11.8 Å². The Hall–Kier alpha value is -1.02. The van der Waals surface area contributed by atoms with Crippen LogP contribution in [0.3, 0.4) is 0 Å². The Balaban J connectivity index is 0.000000461. The maximum absolute atomic E-state index is 9.23. The third kappa shape index (κ3) is 2.48. The summed E-state index contributed by atoms with van der Waals surface area (Å²) in [6.07, 6.45) is 1.07. The van der Waals surface area contributed by atoms with Gasteiger partial charge in [0.25, 0.3) is 0 Å². The molecule has 0 aromatic heterocycles. The number of phenols is 1. The number of phenolic OH excluding ortho intramolecular Hbond substituents is 1. The van der Waals surface area contributed by atoms with E-state index in [0.717, 1.165) is 13.0 Å². The Morgan fingerprint density at radius 2 is 2.00 bits per heavy atom. The van der Waals surface area contributed by atoms with Gasteiger partial charge in [-0.15, -0.1) is 0 Å². The number of nitrogens with one attached hydrogen (secondary N) is 1. The van der Waals surface area contributed by atoms with Crippen molar-refractivity contribution in [1.82, 2.24) is 5.32 Å². The van der Waals surface area contributed by atoms with E-state index in [1.807, 2.05) is 26.0 Å². The van der Waals surface area contributed by atoms with Gasteiger partial charge in [-0.1, -0.05) is 19.9 Å². The Morgan fingerprint density at radius 3 is 2.71 bits per heavy atom. The minimum atomic E-state index is 0.366. The van der Waals surface area contributed by atoms with Gasteiger partial charge in [0.1, 0.15) is 5.75 Å². The number of hydrogen-bond acceptors (Lipinski definition) is 2. The van der Waals surface area contributed by atoms with Gasteiger partial charge in [-0.3, -0.25) is 0 Å². The maximum atomic E-state index is 9.23. The summed E-state index contributed by atoms with van der Waals surface area (Å²) in [6, 6.07) is 6.18. The molecule has 0 aliphatic carbocycles. The molecule has 2 heteroatoms. The Morgan fingerprint density at radius 1 is 1.29 bits per heavy atom. The third-order valence-corrected chi connectivity index (χ3v) is 2.36. The molecule has 0 amide bonds. The Kier molecular flexibility index (Phi) is 3.96. The molecule has 78 valence electrons. The van der Waals surface area contributed by atoms with Crippen molar-refractivity contribution in [1.29, 1.82) is 0 Å². The van der Waals surface area contributed by atoms with Gasteiger partial charge in [0, 0.05) is 12.6 Å². The molecule has 2 nitrogen and oxygen atoms in total. The van der Waals surface area contributed by atoms with E-state index in [2.05, 4.69) is 12.2 Å². The van der Waals surface area contributed by atoms with Crippen molar-refractivity contribution in [3.05, 3.63) is 29.3 Å². The van der Waals surface area contributed by atoms with Crippen LogP contribution in [0.25, 0.3) is 0 Å². The van der Waals surface area contributed by atoms with Crippen LogP contribution in [0.2, 0.25) is 0 Å². The van der Waals surface area contributed by atoms with Crippen molar-refractivity contribution in [2.75, 3.05) is 0 Å². The Labute approximate surface area is 86.0 Å². The monoisotopic (exact) mass is 193 g/mol. The van der Waals surface area contributed by atoms with Gasteiger partial charge in [-0.05, 0) is 36.6 Å². The molecule has 0 fully saturated rings. The zero-order chi connectivity index (χ0) is 10.6. The molecule has 1 atom stereocenters. The first-order valence-corrected chi connectivity index (χ1v) is 5.30. The van der Waals surface area contributed by atoms with Crippen LogP contribution >= 0.6 is 0 Å². The van der Waals surface area contributed by atoms with Crippen LogP contribution in [-0.2, 0) is 13.0 Å². The molecule has 0 radical (unpaired) electrons. The highest BCUT2D eigenvalue weighted by atomic mass is 16.3. The van der Waals surface area contributed by atoms with Crippen molar-refractivity contribution in [3.8, 4) is 5.75 Å². The minimum absolute atomic E-state index is 0.366. The van der Waals surface area contributed by atoms with E-state index in [-0.39, 0.29) is 0 Å². The van der Waals surface area contributed by atoms with Crippen LogP contribution in [0.15, 0.2) is 18.2 Å². The minimum Gasteiger partial charge on any atom is -0.508 e. The summed E-state index contributed by atoms with van der Waals surface area (Å²) in [5.41, 5.74) is 2.59. The molecule has 0 spiro atoms. The lowest BCUT2D eigenvalue weighted by Gasteiger charge is -2.22. The van der Waals surface area contributed by atoms with Crippen molar-refractivity contribution in [2.45, 2.75) is 39.8 Å². The second-order valence-corrected chi connectivity index (χ2v) is 3.44. The van der Waals surface area contributed by atoms with Gasteiger partial charge in [-0.25, -0.2) is 0 Å². The number of rotatable bonds is 0. The summed E-state index contributed by atoms with van der Waals surface area (Å²) in [4.78, 5) is 0. The van der Waals surface area contributed by atoms with Crippen LogP contribution < -0.4 is 5.32 Å². The fourth-order valence-electron chi connectivity index (χ4n) is 1.66. The second kappa shape index (κ2) is 5.01. The van der Waals surface area contributed by atoms with Gasteiger partial charge >= 0.3 is 0 Å². The zero-order valence-electron chi connectivity index (χ0n) is 9.17. The van der Waals surface area contributed by atoms with Crippen LogP contribution in [0.5, 0.6) is 5.75 Å². The highest BCUT2D eigenvalue weighted by molar-refractivity contribution is 5.36. The highest BCUT2D eigenvalue weighted by Crippen LogP contribution is 2.20. The smallest absolute Gasteiger partial charge is 0.115 e. The SMILES string of the molecule is CC.C[C@H]1Cc2ccc(O)cc2CN1.